The molecular weight excluding hydrogens is 314 g/mol. The predicted octanol–water partition coefficient (Wildman–Crippen LogP) is 2.15. The lowest BCUT2D eigenvalue weighted by molar-refractivity contribution is 0.356. The van der Waals surface area contributed by atoms with Crippen LogP contribution in [0.5, 0.6) is 11.5 Å². The molecular formula is C17H19NO4S. The second-order valence-corrected chi connectivity index (χ2v) is 7.13. The Labute approximate surface area is 136 Å². The Kier molecular flexibility index (Phi) is 4.54. The highest BCUT2D eigenvalue weighted by Crippen LogP contribution is 2.27. The zero-order valence-electron chi connectivity index (χ0n) is 12.9. The fourth-order valence-electron chi connectivity index (χ4n) is 2.57. The van der Waals surface area contributed by atoms with Crippen LogP contribution in [0.2, 0.25) is 0 Å². The summed E-state index contributed by atoms with van der Waals surface area (Å²) >= 11 is 0. The summed E-state index contributed by atoms with van der Waals surface area (Å²) in [6, 6.07) is 12.6. The lowest BCUT2D eigenvalue weighted by Crippen LogP contribution is -2.26. The molecule has 0 amide bonds. The summed E-state index contributed by atoms with van der Waals surface area (Å²) in [4.78, 5) is 0.285. The molecule has 5 nitrogen and oxygen atoms in total. The van der Waals surface area contributed by atoms with E-state index in [0.29, 0.717) is 19.6 Å². The van der Waals surface area contributed by atoms with E-state index in [-0.39, 0.29) is 4.90 Å². The summed E-state index contributed by atoms with van der Waals surface area (Å²) < 4.78 is 37.9. The van der Waals surface area contributed by atoms with Crippen molar-refractivity contribution in [1.82, 2.24) is 4.72 Å². The van der Waals surface area contributed by atoms with Crippen molar-refractivity contribution in [1.29, 1.82) is 0 Å². The number of hydrogen-bond acceptors (Lipinski definition) is 4. The molecule has 0 aliphatic carbocycles. The topological polar surface area (TPSA) is 64.6 Å². The third-order valence-electron chi connectivity index (χ3n) is 3.81. The number of sulfonamides is 1. The van der Waals surface area contributed by atoms with Gasteiger partial charge in [0.05, 0.1) is 18.6 Å². The normalized spacial score (nSPS) is 13.4. The maximum absolute atomic E-state index is 12.4. The maximum atomic E-state index is 12.4. The first kappa shape index (κ1) is 15.8. The van der Waals surface area contributed by atoms with E-state index in [9.17, 15) is 8.42 Å². The first-order valence-corrected chi connectivity index (χ1v) is 8.95. The molecule has 0 aromatic heterocycles. The van der Waals surface area contributed by atoms with E-state index < -0.39 is 10.0 Å². The molecule has 0 radical (unpaired) electrons. The molecule has 0 saturated carbocycles. The van der Waals surface area contributed by atoms with Gasteiger partial charge in [-0.25, -0.2) is 13.1 Å². The van der Waals surface area contributed by atoms with E-state index in [0.717, 1.165) is 29.0 Å². The SMILES string of the molecule is COc1cccc(CCNS(=O)(=O)c2ccc3c(c2)CCO3)c1. The zero-order chi connectivity index (χ0) is 16.3. The van der Waals surface area contributed by atoms with Gasteiger partial charge in [-0.15, -0.1) is 0 Å². The highest BCUT2D eigenvalue weighted by Gasteiger charge is 2.18. The molecule has 1 aliphatic heterocycles. The molecule has 3 rings (SSSR count). The maximum Gasteiger partial charge on any atom is 0.240 e. The molecule has 0 unspecified atom stereocenters. The van der Waals surface area contributed by atoms with E-state index >= 15 is 0 Å². The van der Waals surface area contributed by atoms with Crippen molar-refractivity contribution >= 4 is 10.0 Å². The van der Waals surface area contributed by atoms with Crippen LogP contribution in [0, 0.1) is 0 Å². The van der Waals surface area contributed by atoms with E-state index in [1.165, 1.54) is 0 Å². The average Bonchev–Trinajstić information content (AvgIpc) is 3.02. The first-order valence-electron chi connectivity index (χ1n) is 7.47. The Balaban J connectivity index is 1.64. The van der Waals surface area contributed by atoms with Gasteiger partial charge in [0.1, 0.15) is 11.5 Å². The van der Waals surface area contributed by atoms with Gasteiger partial charge in [-0.3, -0.25) is 0 Å². The van der Waals surface area contributed by atoms with Crippen LogP contribution in [-0.2, 0) is 22.9 Å². The third kappa shape index (κ3) is 3.65. The Bertz CT molecular complexity index is 802. The van der Waals surface area contributed by atoms with Crippen LogP contribution in [0.25, 0.3) is 0 Å². The predicted molar refractivity (Wildman–Crippen MR) is 87.5 cm³/mol. The average molecular weight is 333 g/mol. The summed E-state index contributed by atoms with van der Waals surface area (Å²) in [5, 5.41) is 0. The number of benzene rings is 2. The number of nitrogens with one attached hydrogen (secondary N) is 1. The second-order valence-electron chi connectivity index (χ2n) is 5.37. The van der Waals surface area contributed by atoms with Crippen molar-refractivity contribution in [3.63, 3.8) is 0 Å². The first-order chi connectivity index (χ1) is 11.1. The van der Waals surface area contributed by atoms with Crippen molar-refractivity contribution in [3.8, 4) is 11.5 Å². The molecule has 2 aromatic rings. The van der Waals surface area contributed by atoms with Gasteiger partial charge in [0.15, 0.2) is 0 Å². The molecule has 1 N–H and O–H groups in total. The smallest absolute Gasteiger partial charge is 0.240 e. The quantitative estimate of drug-likeness (QED) is 0.880. The number of ether oxygens (including phenoxy) is 2. The van der Waals surface area contributed by atoms with Gasteiger partial charge in [-0.05, 0) is 47.9 Å². The van der Waals surface area contributed by atoms with Crippen LogP contribution >= 0.6 is 0 Å². The Morgan fingerprint density at radius 3 is 2.91 bits per heavy atom. The molecule has 6 heteroatoms. The minimum absolute atomic E-state index is 0.285. The fraction of sp³-hybridized carbons (Fsp3) is 0.294. The van der Waals surface area contributed by atoms with Crippen molar-refractivity contribution in [2.45, 2.75) is 17.7 Å². The van der Waals surface area contributed by atoms with E-state index in [2.05, 4.69) is 4.72 Å². The van der Waals surface area contributed by atoms with Crippen LogP contribution in [0.4, 0.5) is 0 Å². The number of rotatable bonds is 6. The molecule has 0 saturated heterocycles. The Hall–Kier alpha value is -2.05. The van der Waals surface area contributed by atoms with Gasteiger partial charge in [0.2, 0.25) is 10.0 Å². The zero-order valence-corrected chi connectivity index (χ0v) is 13.7. The Morgan fingerprint density at radius 2 is 2.09 bits per heavy atom. The van der Waals surface area contributed by atoms with Gasteiger partial charge in [-0.1, -0.05) is 12.1 Å². The van der Waals surface area contributed by atoms with Crippen molar-refractivity contribution in [2.24, 2.45) is 0 Å². The number of methoxy groups -OCH3 is 1. The van der Waals surface area contributed by atoms with Crippen molar-refractivity contribution < 1.29 is 17.9 Å². The molecule has 0 atom stereocenters. The van der Waals surface area contributed by atoms with E-state index in [1.807, 2.05) is 24.3 Å². The Morgan fingerprint density at radius 1 is 1.22 bits per heavy atom. The van der Waals surface area contributed by atoms with Gasteiger partial charge in [0.25, 0.3) is 0 Å². The molecule has 2 aromatic carbocycles. The third-order valence-corrected chi connectivity index (χ3v) is 5.27. The molecule has 1 heterocycles. The fourth-order valence-corrected chi connectivity index (χ4v) is 3.65. The van der Waals surface area contributed by atoms with Gasteiger partial charge in [0, 0.05) is 13.0 Å². The molecule has 0 bridgehead atoms. The van der Waals surface area contributed by atoms with Crippen LogP contribution in [-0.4, -0.2) is 28.7 Å². The summed E-state index contributed by atoms with van der Waals surface area (Å²) in [5.41, 5.74) is 1.97. The van der Waals surface area contributed by atoms with Crippen LogP contribution in [0.3, 0.4) is 0 Å². The summed E-state index contributed by atoms with van der Waals surface area (Å²) in [5.74, 6) is 1.55. The monoisotopic (exact) mass is 333 g/mol. The van der Waals surface area contributed by atoms with Crippen LogP contribution < -0.4 is 14.2 Å². The van der Waals surface area contributed by atoms with Crippen LogP contribution in [0.15, 0.2) is 47.4 Å². The summed E-state index contributed by atoms with van der Waals surface area (Å²) in [6.45, 7) is 0.950. The number of hydrogen-bond donors (Lipinski definition) is 1. The lowest BCUT2D eigenvalue weighted by Gasteiger charge is -2.09. The van der Waals surface area contributed by atoms with E-state index in [1.54, 1.807) is 25.3 Å². The lowest BCUT2D eigenvalue weighted by atomic mass is 10.1. The molecule has 0 spiro atoms. The molecule has 1 aliphatic rings. The highest BCUT2D eigenvalue weighted by atomic mass is 32.2. The van der Waals surface area contributed by atoms with E-state index in [4.69, 9.17) is 9.47 Å². The molecule has 23 heavy (non-hydrogen) atoms. The minimum Gasteiger partial charge on any atom is -0.497 e. The summed E-state index contributed by atoms with van der Waals surface area (Å²) in [7, 11) is -1.89. The van der Waals surface area contributed by atoms with Gasteiger partial charge < -0.3 is 9.47 Å². The van der Waals surface area contributed by atoms with Crippen molar-refractivity contribution in [3.05, 3.63) is 53.6 Å². The standard InChI is InChI=1S/C17H19NO4S/c1-21-15-4-2-3-13(11-15)7-9-18-23(19,20)16-5-6-17-14(12-16)8-10-22-17/h2-6,11-12,18H,7-10H2,1H3. The molecule has 122 valence electrons. The number of fused-ring (bicyclic) bond motifs is 1. The minimum atomic E-state index is -3.50. The molecule has 0 fully saturated rings. The summed E-state index contributed by atoms with van der Waals surface area (Å²) in [6.07, 6.45) is 1.35. The van der Waals surface area contributed by atoms with Crippen molar-refractivity contribution in [2.75, 3.05) is 20.3 Å². The van der Waals surface area contributed by atoms with Gasteiger partial charge in [-0.2, -0.15) is 0 Å². The second kappa shape index (κ2) is 6.60. The van der Waals surface area contributed by atoms with Crippen LogP contribution in [0.1, 0.15) is 11.1 Å². The largest absolute Gasteiger partial charge is 0.497 e. The van der Waals surface area contributed by atoms with Gasteiger partial charge >= 0.3 is 0 Å². The highest BCUT2D eigenvalue weighted by molar-refractivity contribution is 7.89.